The van der Waals surface area contributed by atoms with E-state index in [9.17, 15) is 19.5 Å². The van der Waals surface area contributed by atoms with Crippen molar-refractivity contribution < 1.29 is 24.2 Å². The molecular formula is C21H24N2O5. The molecule has 0 spiro atoms. The highest BCUT2D eigenvalue weighted by atomic mass is 16.5. The van der Waals surface area contributed by atoms with E-state index in [2.05, 4.69) is 5.32 Å². The number of carbonyl (C=O) groups excluding carboxylic acids is 2. The highest BCUT2D eigenvalue weighted by Gasteiger charge is 2.29. The lowest BCUT2D eigenvalue weighted by molar-refractivity contribution is -0.142. The van der Waals surface area contributed by atoms with Gasteiger partial charge in [0.1, 0.15) is 5.75 Å². The number of hydrogen-bond donors (Lipinski definition) is 2. The van der Waals surface area contributed by atoms with E-state index in [4.69, 9.17) is 4.74 Å². The first kappa shape index (κ1) is 21.0. The van der Waals surface area contributed by atoms with Gasteiger partial charge in [-0.25, -0.2) is 0 Å². The topological polar surface area (TPSA) is 95.9 Å². The molecule has 7 nitrogen and oxygen atoms in total. The summed E-state index contributed by atoms with van der Waals surface area (Å²) in [5.74, 6) is -1.23. The number of likely N-dealkylation sites (N-methyl/N-ethyl adjacent to an activating group) is 1. The molecule has 0 unspecified atom stereocenters. The minimum absolute atomic E-state index is 0.170. The standard InChI is InChI=1S/C21H24N2O5/c1-21(2,20(26)27)14-9-11-15(12-10-14)22-19(25)16-7-5-6-8-17(16)28-13-18(24)23(3)4/h5-12H,13H2,1-4H3,(H,22,25)(H,26,27). The molecule has 0 aromatic heterocycles. The molecule has 28 heavy (non-hydrogen) atoms. The first-order valence-electron chi connectivity index (χ1n) is 8.70. The van der Waals surface area contributed by atoms with Crippen LogP contribution < -0.4 is 10.1 Å². The zero-order valence-corrected chi connectivity index (χ0v) is 16.4. The van der Waals surface area contributed by atoms with Crippen LogP contribution in [0.5, 0.6) is 5.75 Å². The number of hydrogen-bond acceptors (Lipinski definition) is 4. The molecule has 0 aliphatic carbocycles. The van der Waals surface area contributed by atoms with Gasteiger partial charge in [-0.15, -0.1) is 0 Å². The van der Waals surface area contributed by atoms with Crippen LogP contribution in [-0.2, 0) is 15.0 Å². The first-order chi connectivity index (χ1) is 13.1. The van der Waals surface area contributed by atoms with Crippen molar-refractivity contribution in [2.75, 3.05) is 26.0 Å². The van der Waals surface area contributed by atoms with Crippen LogP contribution in [0.25, 0.3) is 0 Å². The van der Waals surface area contributed by atoms with Crippen LogP contribution in [-0.4, -0.2) is 48.5 Å². The molecule has 0 saturated heterocycles. The van der Waals surface area contributed by atoms with Crippen molar-refractivity contribution in [3.8, 4) is 5.75 Å². The third-order valence-electron chi connectivity index (χ3n) is 4.38. The number of nitrogens with one attached hydrogen (secondary N) is 1. The van der Waals surface area contributed by atoms with Gasteiger partial charge in [-0.1, -0.05) is 24.3 Å². The van der Waals surface area contributed by atoms with E-state index in [1.165, 1.54) is 4.90 Å². The van der Waals surface area contributed by atoms with Crippen LogP contribution in [0.1, 0.15) is 29.8 Å². The maximum atomic E-state index is 12.6. The summed E-state index contributed by atoms with van der Waals surface area (Å²) in [6, 6.07) is 13.3. The number of ether oxygens (including phenoxy) is 1. The van der Waals surface area contributed by atoms with Crippen LogP contribution in [0.3, 0.4) is 0 Å². The van der Waals surface area contributed by atoms with Crippen molar-refractivity contribution in [3.63, 3.8) is 0 Å². The Bertz CT molecular complexity index is 873. The number of anilines is 1. The second kappa shape index (κ2) is 8.56. The number of aliphatic carboxylic acids is 1. The highest BCUT2D eigenvalue weighted by Crippen LogP contribution is 2.25. The van der Waals surface area contributed by atoms with Crippen molar-refractivity contribution in [2.24, 2.45) is 0 Å². The van der Waals surface area contributed by atoms with Gasteiger partial charge in [0.15, 0.2) is 6.61 Å². The van der Waals surface area contributed by atoms with Gasteiger partial charge in [0, 0.05) is 19.8 Å². The highest BCUT2D eigenvalue weighted by molar-refractivity contribution is 6.06. The third kappa shape index (κ3) is 4.88. The number of para-hydroxylation sites is 1. The number of rotatable bonds is 7. The average molecular weight is 384 g/mol. The lowest BCUT2D eigenvalue weighted by Crippen LogP contribution is -2.28. The summed E-state index contributed by atoms with van der Waals surface area (Å²) in [4.78, 5) is 37.1. The van der Waals surface area contributed by atoms with Crippen LogP contribution in [0, 0.1) is 0 Å². The number of amides is 2. The normalized spacial score (nSPS) is 10.9. The van der Waals surface area contributed by atoms with Gasteiger partial charge < -0.3 is 20.1 Å². The summed E-state index contributed by atoms with van der Waals surface area (Å²) >= 11 is 0. The van der Waals surface area contributed by atoms with Gasteiger partial charge in [-0.2, -0.15) is 0 Å². The Kier molecular flexibility index (Phi) is 6.41. The third-order valence-corrected chi connectivity index (χ3v) is 4.38. The van der Waals surface area contributed by atoms with Crippen LogP contribution >= 0.6 is 0 Å². The van der Waals surface area contributed by atoms with E-state index < -0.39 is 17.3 Å². The molecule has 0 radical (unpaired) electrons. The van der Waals surface area contributed by atoms with E-state index in [-0.39, 0.29) is 12.5 Å². The van der Waals surface area contributed by atoms with Crippen molar-refractivity contribution in [1.29, 1.82) is 0 Å². The number of nitrogens with zero attached hydrogens (tertiary/aromatic N) is 1. The van der Waals surface area contributed by atoms with Crippen LogP contribution in [0.4, 0.5) is 5.69 Å². The summed E-state index contributed by atoms with van der Waals surface area (Å²) in [5.41, 5.74) is 0.420. The molecule has 2 aromatic rings. The van der Waals surface area contributed by atoms with Crippen molar-refractivity contribution in [2.45, 2.75) is 19.3 Å². The van der Waals surface area contributed by atoms with E-state index in [1.807, 2.05) is 0 Å². The zero-order chi connectivity index (χ0) is 20.9. The molecule has 2 N–H and O–H groups in total. The Hall–Kier alpha value is -3.35. The lowest BCUT2D eigenvalue weighted by Gasteiger charge is -2.20. The largest absolute Gasteiger partial charge is 0.483 e. The Morgan fingerprint density at radius 1 is 1.04 bits per heavy atom. The predicted molar refractivity (Wildman–Crippen MR) is 106 cm³/mol. The van der Waals surface area contributed by atoms with Gasteiger partial charge >= 0.3 is 5.97 Å². The maximum absolute atomic E-state index is 12.6. The number of benzene rings is 2. The molecule has 0 aliphatic heterocycles. The quantitative estimate of drug-likeness (QED) is 0.765. The molecule has 2 aromatic carbocycles. The maximum Gasteiger partial charge on any atom is 0.313 e. The van der Waals surface area contributed by atoms with Crippen LogP contribution in [0.2, 0.25) is 0 Å². The van der Waals surface area contributed by atoms with Crippen molar-refractivity contribution in [3.05, 3.63) is 59.7 Å². The number of carboxylic acids is 1. The number of carbonyl (C=O) groups is 3. The molecule has 0 bridgehead atoms. The fourth-order valence-corrected chi connectivity index (χ4v) is 2.34. The molecular weight excluding hydrogens is 360 g/mol. The Morgan fingerprint density at radius 2 is 1.64 bits per heavy atom. The summed E-state index contributed by atoms with van der Waals surface area (Å²) < 4.78 is 5.49. The number of carboxylic acid groups (broad SMARTS) is 1. The fraction of sp³-hybridized carbons (Fsp3) is 0.286. The molecule has 7 heteroatoms. The summed E-state index contributed by atoms with van der Waals surface area (Å²) in [7, 11) is 3.25. The summed E-state index contributed by atoms with van der Waals surface area (Å²) in [6.07, 6.45) is 0. The van der Waals surface area contributed by atoms with Gasteiger partial charge in [0.05, 0.1) is 11.0 Å². The van der Waals surface area contributed by atoms with E-state index >= 15 is 0 Å². The fourth-order valence-electron chi connectivity index (χ4n) is 2.34. The van der Waals surface area contributed by atoms with Crippen molar-refractivity contribution >= 4 is 23.5 Å². The summed E-state index contributed by atoms with van der Waals surface area (Å²) in [5, 5.41) is 12.1. The van der Waals surface area contributed by atoms with Gasteiger partial charge in [0.2, 0.25) is 0 Å². The van der Waals surface area contributed by atoms with Gasteiger partial charge in [-0.3, -0.25) is 14.4 Å². The minimum Gasteiger partial charge on any atom is -0.483 e. The van der Waals surface area contributed by atoms with Gasteiger partial charge in [-0.05, 0) is 43.7 Å². The minimum atomic E-state index is -1.03. The van der Waals surface area contributed by atoms with E-state index in [0.29, 0.717) is 22.6 Å². The SMILES string of the molecule is CN(C)C(=O)COc1ccccc1C(=O)Nc1ccc(C(C)(C)C(=O)O)cc1. The van der Waals surface area contributed by atoms with E-state index in [1.54, 1.807) is 76.5 Å². The monoisotopic (exact) mass is 384 g/mol. The first-order valence-corrected chi connectivity index (χ1v) is 8.70. The molecule has 2 rings (SSSR count). The molecule has 0 fully saturated rings. The second-order valence-corrected chi connectivity index (χ2v) is 7.03. The smallest absolute Gasteiger partial charge is 0.313 e. The Labute approximate surface area is 163 Å². The molecule has 2 amide bonds. The van der Waals surface area contributed by atoms with Crippen LogP contribution in [0.15, 0.2) is 48.5 Å². The Balaban J connectivity index is 2.13. The van der Waals surface area contributed by atoms with Crippen molar-refractivity contribution in [1.82, 2.24) is 4.90 Å². The van der Waals surface area contributed by atoms with E-state index in [0.717, 1.165) is 0 Å². The molecule has 0 heterocycles. The van der Waals surface area contributed by atoms with Gasteiger partial charge in [0.25, 0.3) is 11.8 Å². The molecule has 148 valence electrons. The zero-order valence-electron chi connectivity index (χ0n) is 16.4. The molecule has 0 aliphatic rings. The average Bonchev–Trinajstić information content (AvgIpc) is 2.66. The molecule has 0 atom stereocenters. The second-order valence-electron chi connectivity index (χ2n) is 7.03. The predicted octanol–water partition coefficient (Wildman–Crippen LogP) is 2.77. The summed E-state index contributed by atoms with van der Waals surface area (Å²) in [6.45, 7) is 3.06. The lowest BCUT2D eigenvalue weighted by atomic mass is 9.85. The Morgan fingerprint density at radius 3 is 2.21 bits per heavy atom. The molecule has 0 saturated carbocycles.